The van der Waals surface area contributed by atoms with Crippen LogP contribution in [0.15, 0.2) is 24.3 Å². The molecule has 2 heterocycles. The molecule has 2 N–H and O–H groups in total. The van der Waals surface area contributed by atoms with Crippen LogP contribution >= 0.6 is 0 Å². The van der Waals surface area contributed by atoms with Crippen LogP contribution in [0.25, 0.3) is 0 Å². The summed E-state index contributed by atoms with van der Waals surface area (Å²) >= 11 is 0. The standard InChI is InChI=1S/C22H30N6O2/c1-13(2)21(29)23-19-10-8-17(25-27-19)15-6-5-7-16(12-15)18-9-11-20(28-26-18)24-22(30)14(3)4/h8-11,13-16H,5-7,12H2,1-4H3,(H,23,27,29)(H,24,28,30)/t15-,16-/m0/s1. The molecule has 2 aromatic rings. The lowest BCUT2D eigenvalue weighted by molar-refractivity contribution is -0.119. The van der Waals surface area contributed by atoms with Crippen molar-refractivity contribution in [1.82, 2.24) is 20.4 Å². The number of hydrogen-bond acceptors (Lipinski definition) is 6. The summed E-state index contributed by atoms with van der Waals surface area (Å²) in [5.41, 5.74) is 1.88. The second-order valence-electron chi connectivity index (χ2n) is 8.54. The van der Waals surface area contributed by atoms with Crippen molar-refractivity contribution in [3.8, 4) is 0 Å². The first-order valence-corrected chi connectivity index (χ1v) is 10.6. The summed E-state index contributed by atoms with van der Waals surface area (Å²) in [6, 6.07) is 7.54. The highest BCUT2D eigenvalue weighted by atomic mass is 16.2. The van der Waals surface area contributed by atoms with Crippen LogP contribution in [-0.2, 0) is 9.59 Å². The molecule has 8 nitrogen and oxygen atoms in total. The minimum absolute atomic E-state index is 0.0682. The smallest absolute Gasteiger partial charge is 0.228 e. The second kappa shape index (κ2) is 9.73. The van der Waals surface area contributed by atoms with Crippen LogP contribution in [0.5, 0.6) is 0 Å². The van der Waals surface area contributed by atoms with Gasteiger partial charge in [-0.25, -0.2) is 0 Å². The molecule has 0 radical (unpaired) electrons. The Morgan fingerprint density at radius 3 is 1.53 bits per heavy atom. The molecule has 2 atom stereocenters. The predicted molar refractivity (Wildman–Crippen MR) is 115 cm³/mol. The van der Waals surface area contributed by atoms with E-state index in [-0.39, 0.29) is 23.7 Å². The number of aromatic nitrogens is 4. The monoisotopic (exact) mass is 410 g/mol. The van der Waals surface area contributed by atoms with Gasteiger partial charge in [0.25, 0.3) is 0 Å². The molecule has 1 fully saturated rings. The van der Waals surface area contributed by atoms with E-state index in [2.05, 4.69) is 31.0 Å². The largest absolute Gasteiger partial charge is 0.309 e. The van der Waals surface area contributed by atoms with Crippen molar-refractivity contribution in [2.24, 2.45) is 11.8 Å². The zero-order chi connectivity index (χ0) is 21.7. The van der Waals surface area contributed by atoms with Gasteiger partial charge in [-0.05, 0) is 43.5 Å². The van der Waals surface area contributed by atoms with E-state index in [9.17, 15) is 9.59 Å². The van der Waals surface area contributed by atoms with E-state index in [4.69, 9.17) is 0 Å². The maximum absolute atomic E-state index is 11.8. The van der Waals surface area contributed by atoms with Crippen molar-refractivity contribution < 1.29 is 9.59 Å². The minimum atomic E-state index is -0.100. The van der Waals surface area contributed by atoms with Crippen LogP contribution in [0.3, 0.4) is 0 Å². The van der Waals surface area contributed by atoms with Crippen molar-refractivity contribution in [2.45, 2.75) is 65.2 Å². The van der Waals surface area contributed by atoms with E-state index in [0.29, 0.717) is 23.5 Å². The van der Waals surface area contributed by atoms with Crippen LogP contribution < -0.4 is 10.6 Å². The lowest BCUT2D eigenvalue weighted by Crippen LogP contribution is -2.20. The number of nitrogens with one attached hydrogen (secondary N) is 2. The van der Waals surface area contributed by atoms with Gasteiger partial charge in [0.15, 0.2) is 11.6 Å². The lowest BCUT2D eigenvalue weighted by atomic mass is 9.78. The van der Waals surface area contributed by atoms with Crippen LogP contribution in [0, 0.1) is 11.8 Å². The molecule has 0 aromatic carbocycles. The molecule has 2 amide bonds. The van der Waals surface area contributed by atoms with Crippen molar-refractivity contribution in [1.29, 1.82) is 0 Å². The lowest BCUT2D eigenvalue weighted by Gasteiger charge is -2.28. The third-order valence-electron chi connectivity index (χ3n) is 5.43. The van der Waals surface area contributed by atoms with Crippen LogP contribution in [0.2, 0.25) is 0 Å². The van der Waals surface area contributed by atoms with E-state index < -0.39 is 0 Å². The first kappa shape index (κ1) is 21.8. The molecule has 0 unspecified atom stereocenters. The summed E-state index contributed by atoms with van der Waals surface area (Å²) in [6.45, 7) is 7.36. The molecule has 30 heavy (non-hydrogen) atoms. The van der Waals surface area contributed by atoms with Gasteiger partial charge < -0.3 is 10.6 Å². The minimum Gasteiger partial charge on any atom is -0.309 e. The molecule has 1 aliphatic carbocycles. The highest BCUT2D eigenvalue weighted by Gasteiger charge is 2.27. The Morgan fingerprint density at radius 2 is 1.20 bits per heavy atom. The van der Waals surface area contributed by atoms with Gasteiger partial charge in [0, 0.05) is 23.7 Å². The SMILES string of the molecule is CC(C)C(=O)Nc1ccc([C@H]2CCC[C@H](c3ccc(NC(=O)C(C)C)nn3)C2)nn1. The van der Waals surface area contributed by atoms with Gasteiger partial charge in [-0.3, -0.25) is 9.59 Å². The number of amides is 2. The fourth-order valence-corrected chi connectivity index (χ4v) is 3.52. The topological polar surface area (TPSA) is 110 Å². The Labute approximate surface area is 177 Å². The number of carbonyl (C=O) groups is 2. The molecule has 0 aliphatic heterocycles. The van der Waals surface area contributed by atoms with Crippen molar-refractivity contribution >= 4 is 23.5 Å². The van der Waals surface area contributed by atoms with Crippen molar-refractivity contribution in [3.05, 3.63) is 35.7 Å². The molecular weight excluding hydrogens is 380 g/mol. The van der Waals surface area contributed by atoms with Crippen LogP contribution in [-0.4, -0.2) is 32.2 Å². The van der Waals surface area contributed by atoms with Gasteiger partial charge in [-0.1, -0.05) is 34.1 Å². The zero-order valence-electron chi connectivity index (χ0n) is 18.1. The summed E-state index contributed by atoms with van der Waals surface area (Å²) in [5, 5.41) is 22.6. The highest BCUT2D eigenvalue weighted by molar-refractivity contribution is 5.91. The Morgan fingerprint density at radius 1 is 0.767 bits per heavy atom. The average Bonchev–Trinajstić information content (AvgIpc) is 2.74. The Hall–Kier alpha value is -2.90. The van der Waals surface area contributed by atoms with Crippen LogP contribution in [0.1, 0.15) is 76.6 Å². The van der Waals surface area contributed by atoms with Crippen LogP contribution in [0.4, 0.5) is 11.6 Å². The van der Waals surface area contributed by atoms with E-state index in [1.807, 2.05) is 52.0 Å². The second-order valence-corrected chi connectivity index (χ2v) is 8.54. The van der Waals surface area contributed by atoms with Gasteiger partial charge in [0.2, 0.25) is 11.8 Å². The Balaban J connectivity index is 1.62. The fraction of sp³-hybridized carbons (Fsp3) is 0.545. The molecule has 1 saturated carbocycles. The van der Waals surface area contributed by atoms with Gasteiger partial charge >= 0.3 is 0 Å². The molecule has 0 bridgehead atoms. The third kappa shape index (κ3) is 5.58. The van der Waals surface area contributed by atoms with E-state index >= 15 is 0 Å². The summed E-state index contributed by atoms with van der Waals surface area (Å²) in [5.74, 6) is 1.22. The maximum Gasteiger partial charge on any atom is 0.228 e. The van der Waals surface area contributed by atoms with E-state index in [0.717, 1.165) is 37.1 Å². The fourth-order valence-electron chi connectivity index (χ4n) is 3.52. The summed E-state index contributed by atoms with van der Waals surface area (Å²) in [6.07, 6.45) is 4.12. The Kier molecular flexibility index (Phi) is 7.07. The number of carbonyl (C=O) groups excluding carboxylic acids is 2. The molecule has 1 aliphatic rings. The van der Waals surface area contributed by atoms with Crippen molar-refractivity contribution in [3.63, 3.8) is 0 Å². The number of anilines is 2. The summed E-state index contributed by atoms with van der Waals surface area (Å²) in [4.78, 5) is 23.6. The molecule has 160 valence electrons. The molecule has 0 saturated heterocycles. The number of rotatable bonds is 6. The third-order valence-corrected chi connectivity index (χ3v) is 5.43. The van der Waals surface area contributed by atoms with E-state index in [1.165, 1.54) is 0 Å². The van der Waals surface area contributed by atoms with E-state index in [1.54, 1.807) is 0 Å². The summed E-state index contributed by atoms with van der Waals surface area (Å²) < 4.78 is 0. The normalized spacial score (nSPS) is 19.0. The van der Waals surface area contributed by atoms with Gasteiger partial charge in [0.1, 0.15) is 0 Å². The van der Waals surface area contributed by atoms with Gasteiger partial charge in [-0.2, -0.15) is 10.2 Å². The quantitative estimate of drug-likeness (QED) is 0.747. The highest BCUT2D eigenvalue weighted by Crippen LogP contribution is 2.40. The molecule has 8 heteroatoms. The Bertz CT molecular complexity index is 793. The summed E-state index contributed by atoms with van der Waals surface area (Å²) in [7, 11) is 0. The van der Waals surface area contributed by atoms with Gasteiger partial charge in [0.05, 0.1) is 11.4 Å². The molecule has 3 rings (SSSR count). The molecule has 0 spiro atoms. The predicted octanol–water partition coefficient (Wildman–Crippen LogP) is 3.90. The number of hydrogen-bond donors (Lipinski definition) is 2. The molecule has 2 aromatic heterocycles. The number of nitrogens with zero attached hydrogens (tertiary/aromatic N) is 4. The molecular formula is C22H30N6O2. The first-order valence-electron chi connectivity index (χ1n) is 10.6. The van der Waals surface area contributed by atoms with Crippen molar-refractivity contribution in [2.75, 3.05) is 10.6 Å². The first-order chi connectivity index (χ1) is 14.3. The average molecular weight is 411 g/mol. The zero-order valence-corrected chi connectivity index (χ0v) is 18.1. The maximum atomic E-state index is 11.8. The van der Waals surface area contributed by atoms with Gasteiger partial charge in [-0.15, -0.1) is 10.2 Å².